The topological polar surface area (TPSA) is 75.7 Å². The number of rotatable bonds is 7. The van der Waals surface area contributed by atoms with E-state index in [0.717, 1.165) is 5.56 Å². The lowest BCUT2D eigenvalue weighted by atomic mass is 9.96. The molecule has 2 amide bonds. The van der Waals surface area contributed by atoms with Crippen molar-refractivity contribution in [1.82, 2.24) is 10.2 Å². The fourth-order valence-electron chi connectivity index (χ4n) is 3.70. The first-order valence-corrected chi connectivity index (χ1v) is 10.4. The van der Waals surface area contributed by atoms with Crippen LogP contribution in [0.15, 0.2) is 60.7 Å². The van der Waals surface area contributed by atoms with Crippen molar-refractivity contribution in [2.24, 2.45) is 5.92 Å². The highest BCUT2D eigenvalue weighted by molar-refractivity contribution is 5.94. The van der Waals surface area contributed by atoms with E-state index in [1.165, 1.54) is 0 Å². The predicted octanol–water partition coefficient (Wildman–Crippen LogP) is 3.35. The Hall–Kier alpha value is -3.15. The lowest BCUT2D eigenvalue weighted by molar-refractivity contribution is -0.151. The van der Waals surface area contributed by atoms with Crippen molar-refractivity contribution >= 4 is 17.8 Å². The molecule has 0 spiro atoms. The zero-order chi connectivity index (χ0) is 21.3. The van der Waals surface area contributed by atoms with Crippen LogP contribution in [0, 0.1) is 5.92 Å². The molecule has 158 valence electrons. The van der Waals surface area contributed by atoms with Crippen molar-refractivity contribution in [3.05, 3.63) is 71.8 Å². The highest BCUT2D eigenvalue weighted by atomic mass is 16.5. The fourth-order valence-corrected chi connectivity index (χ4v) is 3.70. The van der Waals surface area contributed by atoms with Crippen LogP contribution in [-0.2, 0) is 14.3 Å². The SMILES string of the molecule is CCOC(=O)C1CCN(C(=O)CC(NC(=O)c2ccccc2)c2ccccc2)CC1. The van der Waals surface area contributed by atoms with Gasteiger partial charge in [0.15, 0.2) is 0 Å². The minimum Gasteiger partial charge on any atom is -0.466 e. The Morgan fingerprint density at radius 1 is 1.00 bits per heavy atom. The number of nitrogens with one attached hydrogen (secondary N) is 1. The van der Waals surface area contributed by atoms with Gasteiger partial charge in [-0.3, -0.25) is 14.4 Å². The molecule has 1 heterocycles. The Kier molecular flexibility index (Phi) is 7.60. The molecule has 0 aliphatic carbocycles. The molecular formula is C24H28N2O4. The summed E-state index contributed by atoms with van der Waals surface area (Å²) in [5.74, 6) is -0.559. The summed E-state index contributed by atoms with van der Waals surface area (Å²) in [6, 6.07) is 18.1. The van der Waals surface area contributed by atoms with Gasteiger partial charge in [-0.1, -0.05) is 48.5 Å². The molecule has 0 saturated carbocycles. The molecule has 1 N–H and O–H groups in total. The maximum atomic E-state index is 13.0. The van der Waals surface area contributed by atoms with Crippen molar-refractivity contribution < 1.29 is 19.1 Å². The van der Waals surface area contributed by atoms with E-state index in [1.54, 1.807) is 24.0 Å². The number of likely N-dealkylation sites (tertiary alicyclic amines) is 1. The van der Waals surface area contributed by atoms with E-state index in [1.807, 2.05) is 48.5 Å². The second kappa shape index (κ2) is 10.6. The largest absolute Gasteiger partial charge is 0.466 e. The minimum absolute atomic E-state index is 0.0282. The first-order valence-electron chi connectivity index (χ1n) is 10.4. The zero-order valence-corrected chi connectivity index (χ0v) is 17.3. The van der Waals surface area contributed by atoms with Gasteiger partial charge in [0.05, 0.1) is 25.0 Å². The molecule has 1 saturated heterocycles. The molecule has 2 aromatic rings. The van der Waals surface area contributed by atoms with E-state index in [0.29, 0.717) is 38.1 Å². The Morgan fingerprint density at radius 3 is 2.20 bits per heavy atom. The van der Waals surface area contributed by atoms with E-state index in [4.69, 9.17) is 4.74 Å². The molecule has 1 atom stereocenters. The summed E-state index contributed by atoms with van der Waals surface area (Å²) in [5, 5.41) is 3.00. The summed E-state index contributed by atoms with van der Waals surface area (Å²) >= 11 is 0. The van der Waals surface area contributed by atoms with Crippen molar-refractivity contribution in [3.63, 3.8) is 0 Å². The van der Waals surface area contributed by atoms with Crippen LogP contribution in [0.25, 0.3) is 0 Å². The molecule has 1 unspecified atom stereocenters. The number of carbonyl (C=O) groups excluding carboxylic acids is 3. The third kappa shape index (κ3) is 5.69. The van der Waals surface area contributed by atoms with Crippen LogP contribution in [0.2, 0.25) is 0 Å². The number of nitrogens with zero attached hydrogens (tertiary/aromatic N) is 1. The lowest BCUT2D eigenvalue weighted by Crippen LogP contribution is -2.42. The molecule has 1 aliphatic rings. The van der Waals surface area contributed by atoms with Crippen molar-refractivity contribution in [3.8, 4) is 0 Å². The van der Waals surface area contributed by atoms with Gasteiger partial charge in [0.25, 0.3) is 5.91 Å². The summed E-state index contributed by atoms with van der Waals surface area (Å²) in [6.07, 6.45) is 1.39. The van der Waals surface area contributed by atoms with Crippen LogP contribution in [0.4, 0.5) is 0 Å². The second-order valence-corrected chi connectivity index (χ2v) is 7.41. The Labute approximate surface area is 177 Å². The van der Waals surface area contributed by atoms with Gasteiger partial charge in [0.2, 0.25) is 5.91 Å². The number of carbonyl (C=O) groups is 3. The number of piperidine rings is 1. The molecule has 6 heteroatoms. The lowest BCUT2D eigenvalue weighted by Gasteiger charge is -2.32. The maximum Gasteiger partial charge on any atom is 0.309 e. The first-order chi connectivity index (χ1) is 14.6. The summed E-state index contributed by atoms with van der Waals surface area (Å²) in [5.41, 5.74) is 1.44. The van der Waals surface area contributed by atoms with E-state index in [9.17, 15) is 14.4 Å². The maximum absolute atomic E-state index is 13.0. The Bertz CT molecular complexity index is 846. The van der Waals surface area contributed by atoms with Crippen LogP contribution in [0.1, 0.15) is 48.1 Å². The molecule has 3 rings (SSSR count). The molecule has 0 radical (unpaired) electrons. The smallest absolute Gasteiger partial charge is 0.309 e. The normalized spacial score (nSPS) is 15.3. The molecule has 0 aromatic heterocycles. The van der Waals surface area contributed by atoms with Crippen LogP contribution in [-0.4, -0.2) is 42.4 Å². The van der Waals surface area contributed by atoms with Crippen molar-refractivity contribution in [2.75, 3.05) is 19.7 Å². The van der Waals surface area contributed by atoms with Gasteiger partial charge >= 0.3 is 5.97 Å². The number of ether oxygens (including phenoxy) is 1. The third-order valence-electron chi connectivity index (χ3n) is 5.39. The quantitative estimate of drug-likeness (QED) is 0.713. The van der Waals surface area contributed by atoms with Crippen LogP contribution in [0.5, 0.6) is 0 Å². The first kappa shape index (κ1) is 21.6. The van der Waals surface area contributed by atoms with Crippen LogP contribution >= 0.6 is 0 Å². The molecule has 1 aliphatic heterocycles. The predicted molar refractivity (Wildman–Crippen MR) is 114 cm³/mol. The van der Waals surface area contributed by atoms with E-state index < -0.39 is 6.04 Å². The zero-order valence-electron chi connectivity index (χ0n) is 17.3. The average Bonchev–Trinajstić information content (AvgIpc) is 2.80. The number of amides is 2. The fraction of sp³-hybridized carbons (Fsp3) is 0.375. The molecule has 6 nitrogen and oxygen atoms in total. The highest BCUT2D eigenvalue weighted by Crippen LogP contribution is 2.23. The van der Waals surface area contributed by atoms with Crippen molar-refractivity contribution in [2.45, 2.75) is 32.2 Å². The van der Waals surface area contributed by atoms with Gasteiger partial charge in [-0.2, -0.15) is 0 Å². The monoisotopic (exact) mass is 408 g/mol. The number of hydrogen-bond donors (Lipinski definition) is 1. The molecule has 30 heavy (non-hydrogen) atoms. The number of benzene rings is 2. The molecule has 1 fully saturated rings. The highest BCUT2D eigenvalue weighted by Gasteiger charge is 2.29. The van der Waals surface area contributed by atoms with Crippen molar-refractivity contribution in [1.29, 1.82) is 0 Å². The van der Waals surface area contributed by atoms with Crippen LogP contribution in [0.3, 0.4) is 0 Å². The molecular weight excluding hydrogens is 380 g/mol. The standard InChI is InChI=1S/C24H28N2O4/c1-2-30-24(29)20-13-15-26(16-14-20)22(27)17-21(18-9-5-3-6-10-18)25-23(28)19-11-7-4-8-12-19/h3-12,20-21H,2,13-17H2,1H3,(H,25,28). The molecule has 0 bridgehead atoms. The van der Waals surface area contributed by atoms with E-state index in [2.05, 4.69) is 5.32 Å². The Morgan fingerprint density at radius 2 is 1.60 bits per heavy atom. The average molecular weight is 408 g/mol. The summed E-state index contributed by atoms with van der Waals surface area (Å²) in [4.78, 5) is 39.3. The number of esters is 1. The summed E-state index contributed by atoms with van der Waals surface area (Å²) in [6.45, 7) is 3.22. The van der Waals surface area contributed by atoms with E-state index >= 15 is 0 Å². The summed E-state index contributed by atoms with van der Waals surface area (Å²) < 4.78 is 5.10. The van der Waals surface area contributed by atoms with Gasteiger partial charge in [0, 0.05) is 18.7 Å². The second-order valence-electron chi connectivity index (χ2n) is 7.41. The minimum atomic E-state index is -0.422. The summed E-state index contributed by atoms with van der Waals surface area (Å²) in [7, 11) is 0. The molecule has 2 aromatic carbocycles. The van der Waals surface area contributed by atoms with Gasteiger partial charge < -0.3 is 15.0 Å². The van der Waals surface area contributed by atoms with Gasteiger partial charge in [0.1, 0.15) is 0 Å². The van der Waals surface area contributed by atoms with E-state index in [-0.39, 0.29) is 30.1 Å². The van der Waals surface area contributed by atoms with Gasteiger partial charge in [-0.05, 0) is 37.5 Å². The van der Waals surface area contributed by atoms with Crippen LogP contribution < -0.4 is 5.32 Å². The van der Waals surface area contributed by atoms with Gasteiger partial charge in [-0.25, -0.2) is 0 Å². The Balaban J connectivity index is 1.64. The number of hydrogen-bond acceptors (Lipinski definition) is 4. The van der Waals surface area contributed by atoms with Gasteiger partial charge in [-0.15, -0.1) is 0 Å². The third-order valence-corrected chi connectivity index (χ3v) is 5.39.